The van der Waals surface area contributed by atoms with Gasteiger partial charge in [0.1, 0.15) is 22.9 Å². The number of halogens is 2. The van der Waals surface area contributed by atoms with Gasteiger partial charge in [-0.3, -0.25) is 9.79 Å². The number of fused-ring (bicyclic) bond motifs is 1. The predicted molar refractivity (Wildman–Crippen MR) is 135 cm³/mol. The van der Waals surface area contributed by atoms with Crippen molar-refractivity contribution in [3.63, 3.8) is 0 Å². The zero-order valence-corrected chi connectivity index (χ0v) is 21.6. The van der Waals surface area contributed by atoms with Gasteiger partial charge in [0, 0.05) is 32.7 Å². The van der Waals surface area contributed by atoms with Crippen LogP contribution in [-0.2, 0) is 15.1 Å². The number of nitrogens with two attached hydrogens (primary N) is 1. The largest absolute Gasteiger partial charge is 0.474 e. The van der Waals surface area contributed by atoms with Crippen LogP contribution >= 0.6 is 11.8 Å². The van der Waals surface area contributed by atoms with Crippen LogP contribution in [0.1, 0.15) is 30.7 Å². The number of ether oxygens (including phenoxy) is 2. The van der Waals surface area contributed by atoms with Crippen LogP contribution in [0, 0.1) is 17.7 Å². The standard InChI is InChI=1S/C25H29F2N5O3S/c1-14-21-24(2,31-23(28)36-25(14,21)22(33)32(3)4)16-10-15(6-7-17(16)26)11-18(27)19-12-30-20(13-29-19)35-9-8-34-5/h6-7,10-14,21H,8-9H2,1-5H3,(H2,28,31)/b18-11-/t14-,21?,24+,25-/m0/s1. The molecule has 192 valence electrons. The lowest BCUT2D eigenvalue weighted by molar-refractivity contribution is -0.129. The van der Waals surface area contributed by atoms with Gasteiger partial charge in [0.25, 0.3) is 0 Å². The number of amidine groups is 1. The van der Waals surface area contributed by atoms with Gasteiger partial charge in [-0.05, 0) is 36.6 Å². The number of thioether (sulfide) groups is 1. The minimum absolute atomic E-state index is 0.00826. The highest BCUT2D eigenvalue weighted by atomic mass is 32.2. The molecule has 0 bridgehead atoms. The summed E-state index contributed by atoms with van der Waals surface area (Å²) in [5, 5.41) is 0.225. The Morgan fingerprint density at radius 2 is 2.03 bits per heavy atom. The molecule has 2 N–H and O–H groups in total. The van der Waals surface area contributed by atoms with Crippen molar-refractivity contribution in [1.82, 2.24) is 14.9 Å². The number of amides is 1. The highest BCUT2D eigenvalue weighted by Crippen LogP contribution is 2.70. The summed E-state index contributed by atoms with van der Waals surface area (Å²) in [5.74, 6) is -1.33. The maximum Gasteiger partial charge on any atom is 0.239 e. The summed E-state index contributed by atoms with van der Waals surface area (Å²) in [6.45, 7) is 4.42. The second-order valence-corrected chi connectivity index (χ2v) is 10.6. The van der Waals surface area contributed by atoms with E-state index in [4.69, 9.17) is 15.2 Å². The molecule has 1 aliphatic heterocycles. The average Bonchev–Trinajstić information content (AvgIpc) is 3.45. The second-order valence-electron chi connectivity index (χ2n) is 9.27. The second kappa shape index (κ2) is 9.78. The Kier molecular flexibility index (Phi) is 7.07. The van der Waals surface area contributed by atoms with Gasteiger partial charge in [-0.15, -0.1) is 0 Å². The fourth-order valence-corrected chi connectivity index (χ4v) is 6.68. The van der Waals surface area contributed by atoms with Crippen molar-refractivity contribution in [2.75, 3.05) is 34.4 Å². The molecule has 1 unspecified atom stereocenters. The number of methoxy groups -OCH3 is 1. The zero-order chi connectivity index (χ0) is 26.3. The number of nitrogens with zero attached hydrogens (tertiary/aromatic N) is 4. The maximum atomic E-state index is 15.2. The molecule has 0 spiro atoms. The van der Waals surface area contributed by atoms with Crippen molar-refractivity contribution >= 4 is 34.7 Å². The topological polar surface area (TPSA) is 103 Å². The number of carbonyl (C=O) groups excluding carboxylic acids is 1. The molecule has 2 heterocycles. The van der Waals surface area contributed by atoms with E-state index in [1.807, 2.05) is 6.92 Å². The number of aliphatic imine (C=N–C) groups is 1. The lowest BCUT2D eigenvalue weighted by atomic mass is 9.84. The summed E-state index contributed by atoms with van der Waals surface area (Å²) in [5.41, 5.74) is 5.75. The van der Waals surface area contributed by atoms with Crippen LogP contribution in [-0.4, -0.2) is 65.1 Å². The molecule has 2 aromatic rings. The van der Waals surface area contributed by atoms with Gasteiger partial charge < -0.3 is 20.1 Å². The molecule has 8 nitrogen and oxygen atoms in total. The van der Waals surface area contributed by atoms with Crippen LogP contribution in [0.3, 0.4) is 0 Å². The molecule has 4 atom stereocenters. The number of aromatic nitrogens is 2. The van der Waals surface area contributed by atoms with Crippen molar-refractivity contribution in [2.24, 2.45) is 22.6 Å². The minimum atomic E-state index is -1.09. The average molecular weight is 518 g/mol. The molecule has 0 radical (unpaired) electrons. The summed E-state index contributed by atoms with van der Waals surface area (Å²) < 4.78 is 39.6. The van der Waals surface area contributed by atoms with Gasteiger partial charge >= 0.3 is 0 Å². The van der Waals surface area contributed by atoms with Crippen molar-refractivity contribution in [1.29, 1.82) is 0 Å². The maximum absolute atomic E-state index is 15.2. The number of hydrogen-bond acceptors (Lipinski definition) is 8. The predicted octanol–water partition coefficient (Wildman–Crippen LogP) is 3.48. The number of benzene rings is 1. The van der Waals surface area contributed by atoms with Crippen molar-refractivity contribution in [3.8, 4) is 5.88 Å². The normalized spacial score (nSPS) is 27.2. The van der Waals surface area contributed by atoms with Crippen LogP contribution in [0.5, 0.6) is 5.88 Å². The summed E-state index contributed by atoms with van der Waals surface area (Å²) in [7, 11) is 4.93. The van der Waals surface area contributed by atoms with Gasteiger partial charge in [0.15, 0.2) is 11.0 Å². The SMILES string of the molecule is COCCOc1cnc(/C(F)=C/c2ccc(F)c([C@@]3(C)N=C(N)S[C@]4(C(=O)N(C)C)C3[C@@H]4C)c2)cn1. The molecule has 1 amide bonds. The number of hydrogen-bond donors (Lipinski definition) is 1. The summed E-state index contributed by atoms with van der Waals surface area (Å²) >= 11 is 1.24. The first-order valence-electron chi connectivity index (χ1n) is 11.4. The van der Waals surface area contributed by atoms with Crippen LogP contribution in [0.4, 0.5) is 8.78 Å². The first-order valence-corrected chi connectivity index (χ1v) is 12.2. The van der Waals surface area contributed by atoms with E-state index < -0.39 is 21.9 Å². The molecular formula is C25H29F2N5O3S. The minimum Gasteiger partial charge on any atom is -0.474 e. The number of rotatable bonds is 8. The molecule has 2 aliphatic rings. The lowest BCUT2D eigenvalue weighted by Gasteiger charge is -2.34. The molecule has 1 aromatic heterocycles. The summed E-state index contributed by atoms with van der Waals surface area (Å²) in [4.78, 5) is 27.3. The quantitative estimate of drug-likeness (QED) is 0.535. The van der Waals surface area contributed by atoms with E-state index in [1.54, 1.807) is 34.2 Å². The van der Waals surface area contributed by atoms with Crippen LogP contribution < -0.4 is 10.5 Å². The van der Waals surface area contributed by atoms with Gasteiger partial charge in [-0.1, -0.05) is 24.8 Å². The Hall–Kier alpha value is -3.05. The van der Waals surface area contributed by atoms with Gasteiger partial charge in [-0.25, -0.2) is 18.7 Å². The first kappa shape index (κ1) is 26.0. The molecule has 36 heavy (non-hydrogen) atoms. The fourth-order valence-electron chi connectivity index (χ4n) is 5.02. The Labute approximate surface area is 213 Å². The van der Waals surface area contributed by atoms with E-state index in [1.165, 1.54) is 47.3 Å². The Bertz CT molecular complexity index is 1220. The molecule has 1 aromatic carbocycles. The van der Waals surface area contributed by atoms with Crippen LogP contribution in [0.15, 0.2) is 35.6 Å². The lowest BCUT2D eigenvalue weighted by Crippen LogP contribution is -2.44. The van der Waals surface area contributed by atoms with Crippen LogP contribution in [0.25, 0.3) is 11.9 Å². The number of carbonyl (C=O) groups is 1. The Balaban J connectivity index is 1.64. The third kappa shape index (κ3) is 4.45. The molecule has 11 heteroatoms. The first-order chi connectivity index (χ1) is 17.0. The highest BCUT2D eigenvalue weighted by Gasteiger charge is 2.76. The van der Waals surface area contributed by atoms with Gasteiger partial charge in [0.2, 0.25) is 11.8 Å². The molecule has 1 saturated carbocycles. The highest BCUT2D eigenvalue weighted by molar-refractivity contribution is 8.15. The fraction of sp³-hybridized carbons (Fsp3) is 0.440. The van der Waals surface area contributed by atoms with E-state index in [-0.39, 0.29) is 40.0 Å². The zero-order valence-electron chi connectivity index (χ0n) is 20.8. The monoisotopic (exact) mass is 517 g/mol. The van der Waals surface area contributed by atoms with E-state index in [0.29, 0.717) is 18.8 Å². The van der Waals surface area contributed by atoms with Crippen molar-refractivity contribution in [3.05, 3.63) is 53.2 Å². The summed E-state index contributed by atoms with van der Waals surface area (Å²) in [6, 6.07) is 4.29. The van der Waals surface area contributed by atoms with Crippen molar-refractivity contribution < 1.29 is 23.0 Å². The molecular weight excluding hydrogens is 488 g/mol. The van der Waals surface area contributed by atoms with E-state index >= 15 is 4.39 Å². The molecule has 0 saturated heterocycles. The smallest absolute Gasteiger partial charge is 0.239 e. The van der Waals surface area contributed by atoms with E-state index in [0.717, 1.165) is 0 Å². The van der Waals surface area contributed by atoms with E-state index in [2.05, 4.69) is 15.0 Å². The van der Waals surface area contributed by atoms with Crippen molar-refractivity contribution in [2.45, 2.75) is 24.1 Å². The molecule has 1 fully saturated rings. The van der Waals surface area contributed by atoms with Gasteiger partial charge in [-0.2, -0.15) is 0 Å². The molecule has 1 aliphatic carbocycles. The van der Waals surface area contributed by atoms with Gasteiger partial charge in [0.05, 0.1) is 24.5 Å². The van der Waals surface area contributed by atoms with Crippen LogP contribution in [0.2, 0.25) is 0 Å². The van der Waals surface area contributed by atoms with E-state index in [9.17, 15) is 9.18 Å². The molecule has 4 rings (SSSR count). The summed E-state index contributed by atoms with van der Waals surface area (Å²) in [6.07, 6.45) is 3.83. The third-order valence-electron chi connectivity index (χ3n) is 6.73. The Morgan fingerprint density at radius 3 is 2.67 bits per heavy atom. The Morgan fingerprint density at radius 1 is 1.28 bits per heavy atom. The third-order valence-corrected chi connectivity index (χ3v) is 8.17.